The first-order chi connectivity index (χ1) is 9.76. The standard InChI is InChI=1S/C14H17NO6/c1-14(2,3)21-13(18)15(7-12(16)17)9-4-5-10-11(6-9)20-8-19-10/h4-6H,7-8H2,1-3H3,(H,16,17). The molecule has 0 saturated heterocycles. The summed E-state index contributed by atoms with van der Waals surface area (Å²) in [7, 11) is 0. The number of benzene rings is 1. The SMILES string of the molecule is CC(C)(C)OC(=O)N(CC(=O)O)c1ccc2c(c1)OCO2. The second kappa shape index (κ2) is 5.51. The number of amides is 1. The Morgan fingerprint density at radius 3 is 2.57 bits per heavy atom. The highest BCUT2D eigenvalue weighted by molar-refractivity contribution is 5.93. The summed E-state index contributed by atoms with van der Waals surface area (Å²) in [6.45, 7) is 4.73. The van der Waals surface area contributed by atoms with Crippen LogP contribution in [0.4, 0.5) is 10.5 Å². The van der Waals surface area contributed by atoms with Crippen LogP contribution in [0.15, 0.2) is 18.2 Å². The molecule has 21 heavy (non-hydrogen) atoms. The number of carbonyl (C=O) groups excluding carboxylic acids is 1. The molecule has 2 rings (SSSR count). The van der Waals surface area contributed by atoms with Gasteiger partial charge in [0.05, 0.1) is 5.69 Å². The maximum atomic E-state index is 12.2. The Labute approximate surface area is 122 Å². The van der Waals surface area contributed by atoms with Crippen molar-refractivity contribution in [2.75, 3.05) is 18.2 Å². The number of carbonyl (C=O) groups is 2. The maximum Gasteiger partial charge on any atom is 0.415 e. The fraction of sp³-hybridized carbons (Fsp3) is 0.429. The summed E-state index contributed by atoms with van der Waals surface area (Å²) in [4.78, 5) is 24.2. The van der Waals surface area contributed by atoms with E-state index in [4.69, 9.17) is 19.3 Å². The molecule has 0 radical (unpaired) electrons. The Morgan fingerprint density at radius 1 is 1.29 bits per heavy atom. The molecule has 1 aromatic carbocycles. The summed E-state index contributed by atoms with van der Waals surface area (Å²) in [5.74, 6) is -0.122. The number of nitrogens with zero attached hydrogens (tertiary/aromatic N) is 1. The predicted octanol–water partition coefficient (Wildman–Crippen LogP) is 2.24. The second-order valence-electron chi connectivity index (χ2n) is 5.50. The van der Waals surface area contributed by atoms with Crippen LogP contribution in [0, 0.1) is 0 Å². The van der Waals surface area contributed by atoms with Gasteiger partial charge in [0.1, 0.15) is 12.1 Å². The zero-order valence-corrected chi connectivity index (χ0v) is 12.1. The van der Waals surface area contributed by atoms with E-state index in [0.29, 0.717) is 17.2 Å². The maximum absolute atomic E-state index is 12.2. The van der Waals surface area contributed by atoms with Gasteiger partial charge >= 0.3 is 12.1 Å². The van der Waals surface area contributed by atoms with Crippen molar-refractivity contribution >= 4 is 17.7 Å². The average Bonchev–Trinajstić information content (AvgIpc) is 2.80. The van der Waals surface area contributed by atoms with Gasteiger partial charge in [-0.1, -0.05) is 0 Å². The van der Waals surface area contributed by atoms with E-state index in [2.05, 4.69) is 0 Å². The summed E-state index contributed by atoms with van der Waals surface area (Å²) < 4.78 is 15.6. The molecule has 0 fully saturated rings. The fourth-order valence-electron chi connectivity index (χ4n) is 1.77. The molecule has 0 atom stereocenters. The normalized spacial score (nSPS) is 12.9. The Hall–Kier alpha value is -2.44. The third-order valence-corrected chi connectivity index (χ3v) is 2.58. The molecular formula is C14H17NO6. The summed E-state index contributed by atoms with van der Waals surface area (Å²) in [5, 5.41) is 8.98. The van der Waals surface area contributed by atoms with Gasteiger partial charge in [-0.3, -0.25) is 9.69 Å². The molecule has 1 aromatic rings. The van der Waals surface area contributed by atoms with Gasteiger partial charge in [0.25, 0.3) is 0 Å². The van der Waals surface area contributed by atoms with E-state index < -0.39 is 24.2 Å². The molecule has 1 aliphatic heterocycles. The highest BCUT2D eigenvalue weighted by atomic mass is 16.7. The summed E-state index contributed by atoms with van der Waals surface area (Å²) >= 11 is 0. The lowest BCUT2D eigenvalue weighted by atomic mass is 10.2. The zero-order valence-electron chi connectivity index (χ0n) is 12.1. The summed E-state index contributed by atoms with van der Waals surface area (Å²) in [6, 6.07) is 4.76. The van der Waals surface area contributed by atoms with Crippen LogP contribution in [0.25, 0.3) is 0 Å². The van der Waals surface area contributed by atoms with Crippen molar-refractivity contribution in [3.8, 4) is 11.5 Å². The number of aliphatic carboxylic acids is 1. The van der Waals surface area contributed by atoms with Crippen LogP contribution in [0.2, 0.25) is 0 Å². The van der Waals surface area contributed by atoms with Gasteiger partial charge < -0.3 is 19.3 Å². The van der Waals surface area contributed by atoms with Gasteiger partial charge in [-0.05, 0) is 32.9 Å². The van der Waals surface area contributed by atoms with Crippen LogP contribution < -0.4 is 14.4 Å². The molecule has 0 saturated carbocycles. The van der Waals surface area contributed by atoms with E-state index in [1.807, 2.05) is 0 Å². The molecule has 0 spiro atoms. The minimum Gasteiger partial charge on any atom is -0.480 e. The lowest BCUT2D eigenvalue weighted by Crippen LogP contribution is -2.40. The van der Waals surface area contributed by atoms with Crippen molar-refractivity contribution in [1.82, 2.24) is 0 Å². The van der Waals surface area contributed by atoms with Crippen molar-refractivity contribution in [3.63, 3.8) is 0 Å². The predicted molar refractivity (Wildman–Crippen MR) is 73.8 cm³/mol. The minimum absolute atomic E-state index is 0.101. The number of hydrogen-bond acceptors (Lipinski definition) is 5. The van der Waals surface area contributed by atoms with E-state index in [1.54, 1.807) is 39.0 Å². The van der Waals surface area contributed by atoms with Crippen LogP contribution in [-0.2, 0) is 9.53 Å². The molecular weight excluding hydrogens is 278 g/mol. The van der Waals surface area contributed by atoms with Crippen molar-refractivity contribution in [1.29, 1.82) is 0 Å². The number of anilines is 1. The fourth-order valence-corrected chi connectivity index (χ4v) is 1.77. The first-order valence-electron chi connectivity index (χ1n) is 6.38. The minimum atomic E-state index is -1.14. The van der Waals surface area contributed by atoms with Gasteiger partial charge in [-0.15, -0.1) is 0 Å². The van der Waals surface area contributed by atoms with Gasteiger partial charge in [0.2, 0.25) is 6.79 Å². The lowest BCUT2D eigenvalue weighted by Gasteiger charge is -2.26. The van der Waals surface area contributed by atoms with E-state index >= 15 is 0 Å². The molecule has 7 nitrogen and oxygen atoms in total. The topological polar surface area (TPSA) is 85.3 Å². The van der Waals surface area contributed by atoms with Crippen molar-refractivity contribution in [3.05, 3.63) is 18.2 Å². The van der Waals surface area contributed by atoms with Crippen LogP contribution in [-0.4, -0.2) is 36.1 Å². The Balaban J connectivity index is 2.27. The molecule has 0 unspecified atom stereocenters. The second-order valence-corrected chi connectivity index (χ2v) is 5.50. The lowest BCUT2D eigenvalue weighted by molar-refractivity contribution is -0.135. The third-order valence-electron chi connectivity index (χ3n) is 2.58. The highest BCUT2D eigenvalue weighted by Crippen LogP contribution is 2.35. The van der Waals surface area contributed by atoms with Crippen LogP contribution in [0.5, 0.6) is 11.5 Å². The zero-order chi connectivity index (χ0) is 15.6. The largest absolute Gasteiger partial charge is 0.480 e. The van der Waals surface area contributed by atoms with Crippen molar-refractivity contribution in [2.24, 2.45) is 0 Å². The number of fused-ring (bicyclic) bond motifs is 1. The smallest absolute Gasteiger partial charge is 0.415 e. The van der Waals surface area contributed by atoms with Gasteiger partial charge in [0, 0.05) is 6.07 Å². The average molecular weight is 295 g/mol. The quantitative estimate of drug-likeness (QED) is 0.920. The molecule has 1 amide bonds. The molecule has 1 N–H and O–H groups in total. The molecule has 0 bridgehead atoms. The van der Waals surface area contributed by atoms with Crippen molar-refractivity contribution in [2.45, 2.75) is 26.4 Å². The first-order valence-corrected chi connectivity index (χ1v) is 6.38. The highest BCUT2D eigenvalue weighted by Gasteiger charge is 2.26. The van der Waals surface area contributed by atoms with Crippen molar-refractivity contribution < 1.29 is 28.9 Å². The molecule has 7 heteroatoms. The number of rotatable bonds is 3. The molecule has 114 valence electrons. The van der Waals surface area contributed by atoms with Crippen LogP contribution >= 0.6 is 0 Å². The Kier molecular flexibility index (Phi) is 3.93. The van der Waals surface area contributed by atoms with E-state index in [-0.39, 0.29) is 6.79 Å². The Morgan fingerprint density at radius 2 is 1.95 bits per heavy atom. The van der Waals surface area contributed by atoms with Gasteiger partial charge in [-0.2, -0.15) is 0 Å². The monoisotopic (exact) mass is 295 g/mol. The number of hydrogen-bond donors (Lipinski definition) is 1. The van der Waals surface area contributed by atoms with E-state index in [9.17, 15) is 9.59 Å². The molecule has 0 aliphatic carbocycles. The summed E-state index contributed by atoms with van der Waals surface area (Å²) in [6.07, 6.45) is -0.733. The molecule has 0 aromatic heterocycles. The molecule has 1 aliphatic rings. The summed E-state index contributed by atoms with van der Waals surface area (Å²) in [5.41, 5.74) is -0.347. The van der Waals surface area contributed by atoms with E-state index in [0.717, 1.165) is 4.90 Å². The molecule has 1 heterocycles. The van der Waals surface area contributed by atoms with E-state index in [1.165, 1.54) is 0 Å². The first kappa shape index (κ1) is 15.0. The van der Waals surface area contributed by atoms with Gasteiger partial charge in [-0.25, -0.2) is 4.79 Å². The van der Waals surface area contributed by atoms with Gasteiger partial charge in [0.15, 0.2) is 11.5 Å². The Bertz CT molecular complexity index is 563. The van der Waals surface area contributed by atoms with Crippen LogP contribution in [0.1, 0.15) is 20.8 Å². The van der Waals surface area contributed by atoms with Crippen LogP contribution in [0.3, 0.4) is 0 Å². The number of carboxylic acid groups (broad SMARTS) is 1. The number of carboxylic acids is 1. The third kappa shape index (κ3) is 3.77. The number of ether oxygens (including phenoxy) is 3.